The summed E-state index contributed by atoms with van der Waals surface area (Å²) < 4.78 is 13.8. The molecule has 0 aliphatic carbocycles. The molecule has 2 unspecified atom stereocenters. The molecule has 1 aliphatic heterocycles. The van der Waals surface area contributed by atoms with E-state index in [2.05, 4.69) is 37.6 Å². The molecule has 1 N–H and O–H groups in total. The molecule has 2 atom stereocenters. The monoisotopic (exact) mass is 297 g/mol. The van der Waals surface area contributed by atoms with E-state index in [1.807, 2.05) is 0 Å². The van der Waals surface area contributed by atoms with E-state index in [-0.39, 0.29) is 5.41 Å². The van der Waals surface area contributed by atoms with Crippen LogP contribution in [-0.4, -0.2) is 32.3 Å². The second kappa shape index (κ2) is 5.98. The van der Waals surface area contributed by atoms with Gasteiger partial charge < -0.3 is 9.88 Å². The SMILES string of the molecule is CC(CCS(C)=O)n1c(C(C)(C)C)nc2c1CCNC2. The van der Waals surface area contributed by atoms with Crippen LogP contribution >= 0.6 is 0 Å². The van der Waals surface area contributed by atoms with Crippen molar-refractivity contribution in [2.45, 2.75) is 58.5 Å². The molecule has 1 aromatic heterocycles. The molecule has 0 bridgehead atoms. The summed E-state index contributed by atoms with van der Waals surface area (Å²) in [4.78, 5) is 4.89. The van der Waals surface area contributed by atoms with Crippen LogP contribution in [0.2, 0.25) is 0 Å². The Morgan fingerprint density at radius 3 is 2.75 bits per heavy atom. The molecule has 0 saturated heterocycles. The highest BCUT2D eigenvalue weighted by Gasteiger charge is 2.29. The molecule has 0 spiro atoms. The van der Waals surface area contributed by atoms with Crippen molar-refractivity contribution in [2.24, 2.45) is 0 Å². The Morgan fingerprint density at radius 2 is 2.15 bits per heavy atom. The summed E-state index contributed by atoms with van der Waals surface area (Å²) in [6.07, 6.45) is 3.77. The largest absolute Gasteiger partial charge is 0.328 e. The summed E-state index contributed by atoms with van der Waals surface area (Å²) in [6.45, 7) is 10.8. The number of nitrogens with zero attached hydrogens (tertiary/aromatic N) is 2. The minimum absolute atomic E-state index is 0.0387. The van der Waals surface area contributed by atoms with Gasteiger partial charge in [-0.25, -0.2) is 4.98 Å². The summed E-state index contributed by atoms with van der Waals surface area (Å²) in [5.41, 5.74) is 2.62. The van der Waals surface area contributed by atoms with Gasteiger partial charge in [-0.1, -0.05) is 20.8 Å². The molecule has 0 saturated carbocycles. The third kappa shape index (κ3) is 3.31. The van der Waals surface area contributed by atoms with E-state index in [9.17, 15) is 4.21 Å². The lowest BCUT2D eigenvalue weighted by Gasteiger charge is -2.26. The maximum atomic E-state index is 11.4. The highest BCUT2D eigenvalue weighted by molar-refractivity contribution is 7.84. The number of aromatic nitrogens is 2. The highest BCUT2D eigenvalue weighted by Crippen LogP contribution is 2.30. The van der Waals surface area contributed by atoms with Gasteiger partial charge in [0.1, 0.15) is 5.82 Å². The molecule has 2 rings (SSSR count). The minimum atomic E-state index is -0.723. The molecule has 1 aromatic rings. The first-order chi connectivity index (χ1) is 9.30. The molecule has 0 fully saturated rings. The average Bonchev–Trinajstić information content (AvgIpc) is 2.75. The number of rotatable bonds is 4. The maximum Gasteiger partial charge on any atom is 0.114 e. The van der Waals surface area contributed by atoms with Crippen LogP contribution in [0.5, 0.6) is 0 Å². The Kier molecular flexibility index (Phi) is 4.69. The van der Waals surface area contributed by atoms with Crippen molar-refractivity contribution in [3.05, 3.63) is 17.2 Å². The normalized spacial score (nSPS) is 18.6. The molecular formula is C15H27N3OS. The van der Waals surface area contributed by atoms with Gasteiger partial charge >= 0.3 is 0 Å². The fourth-order valence-electron chi connectivity index (χ4n) is 2.80. The van der Waals surface area contributed by atoms with Gasteiger partial charge in [0, 0.05) is 59.5 Å². The Hall–Kier alpha value is -0.680. The predicted molar refractivity (Wildman–Crippen MR) is 84.6 cm³/mol. The summed E-state index contributed by atoms with van der Waals surface area (Å²) >= 11 is 0. The zero-order valence-electron chi connectivity index (χ0n) is 13.3. The molecular weight excluding hydrogens is 270 g/mol. The van der Waals surface area contributed by atoms with Crippen LogP contribution in [0.15, 0.2) is 0 Å². The topological polar surface area (TPSA) is 46.9 Å². The number of fused-ring (bicyclic) bond motifs is 1. The van der Waals surface area contributed by atoms with Crippen molar-refractivity contribution in [3.63, 3.8) is 0 Å². The quantitative estimate of drug-likeness (QED) is 0.926. The third-order valence-electron chi connectivity index (χ3n) is 3.86. The van der Waals surface area contributed by atoms with Crippen molar-refractivity contribution in [1.82, 2.24) is 14.9 Å². The van der Waals surface area contributed by atoms with Crippen LogP contribution in [0.4, 0.5) is 0 Å². The molecule has 114 valence electrons. The van der Waals surface area contributed by atoms with Crippen molar-refractivity contribution in [3.8, 4) is 0 Å². The standard InChI is InChI=1S/C15H27N3OS/c1-11(7-9-20(5)19)18-13-6-8-16-10-12(13)17-14(18)15(2,3)4/h11,16H,6-10H2,1-5H3. The fourth-order valence-corrected chi connectivity index (χ4v) is 3.48. The van der Waals surface area contributed by atoms with Crippen LogP contribution in [0, 0.1) is 0 Å². The molecule has 1 aliphatic rings. The number of imidazole rings is 1. The second-order valence-electron chi connectivity index (χ2n) is 6.79. The van der Waals surface area contributed by atoms with Crippen molar-refractivity contribution < 1.29 is 4.21 Å². The highest BCUT2D eigenvalue weighted by atomic mass is 32.2. The first-order valence-electron chi connectivity index (χ1n) is 7.42. The second-order valence-corrected chi connectivity index (χ2v) is 8.35. The van der Waals surface area contributed by atoms with Crippen molar-refractivity contribution in [2.75, 3.05) is 18.6 Å². The van der Waals surface area contributed by atoms with E-state index in [1.54, 1.807) is 6.26 Å². The summed E-state index contributed by atoms with van der Waals surface area (Å²) in [5, 5.41) is 3.40. The molecule has 0 radical (unpaired) electrons. The van der Waals surface area contributed by atoms with Gasteiger partial charge in [-0.2, -0.15) is 0 Å². The van der Waals surface area contributed by atoms with Crippen molar-refractivity contribution in [1.29, 1.82) is 0 Å². The smallest absolute Gasteiger partial charge is 0.114 e. The predicted octanol–water partition coefficient (Wildman–Crippen LogP) is 2.16. The number of hydrogen-bond donors (Lipinski definition) is 1. The first-order valence-corrected chi connectivity index (χ1v) is 9.14. The fraction of sp³-hybridized carbons (Fsp3) is 0.800. The van der Waals surface area contributed by atoms with E-state index >= 15 is 0 Å². The lowest BCUT2D eigenvalue weighted by Crippen LogP contribution is -2.27. The first kappa shape index (κ1) is 15.7. The summed E-state index contributed by atoms with van der Waals surface area (Å²) in [7, 11) is -0.723. The summed E-state index contributed by atoms with van der Waals surface area (Å²) in [6, 6.07) is 0.363. The van der Waals surface area contributed by atoms with E-state index in [1.165, 1.54) is 17.2 Å². The zero-order valence-corrected chi connectivity index (χ0v) is 14.1. The minimum Gasteiger partial charge on any atom is -0.328 e. The lowest BCUT2D eigenvalue weighted by atomic mass is 9.95. The van der Waals surface area contributed by atoms with Gasteiger partial charge in [-0.3, -0.25) is 4.21 Å². The van der Waals surface area contributed by atoms with Crippen LogP contribution < -0.4 is 5.32 Å². The van der Waals surface area contributed by atoms with Gasteiger partial charge in [-0.15, -0.1) is 0 Å². The van der Waals surface area contributed by atoms with Crippen LogP contribution in [0.1, 0.15) is 57.4 Å². The molecule has 2 heterocycles. The molecule has 5 heteroatoms. The molecule has 20 heavy (non-hydrogen) atoms. The Balaban J connectivity index is 2.38. The number of nitrogens with one attached hydrogen (secondary N) is 1. The molecule has 0 amide bonds. The third-order valence-corrected chi connectivity index (χ3v) is 4.67. The number of hydrogen-bond acceptors (Lipinski definition) is 3. The van der Waals surface area contributed by atoms with Gasteiger partial charge in [0.05, 0.1) is 5.69 Å². The maximum absolute atomic E-state index is 11.4. The Morgan fingerprint density at radius 1 is 1.45 bits per heavy atom. The zero-order chi connectivity index (χ0) is 14.9. The van der Waals surface area contributed by atoms with Crippen LogP contribution in [0.25, 0.3) is 0 Å². The van der Waals surface area contributed by atoms with Crippen LogP contribution in [-0.2, 0) is 29.2 Å². The average molecular weight is 297 g/mol. The van der Waals surface area contributed by atoms with Gasteiger partial charge in [0.2, 0.25) is 0 Å². The van der Waals surface area contributed by atoms with E-state index in [0.717, 1.165) is 31.7 Å². The van der Waals surface area contributed by atoms with E-state index in [0.29, 0.717) is 6.04 Å². The van der Waals surface area contributed by atoms with E-state index < -0.39 is 10.8 Å². The van der Waals surface area contributed by atoms with Crippen molar-refractivity contribution >= 4 is 10.8 Å². The lowest BCUT2D eigenvalue weighted by molar-refractivity contribution is 0.432. The Bertz CT molecular complexity index is 502. The van der Waals surface area contributed by atoms with Gasteiger partial charge in [0.15, 0.2) is 0 Å². The van der Waals surface area contributed by atoms with Gasteiger partial charge in [0.25, 0.3) is 0 Å². The van der Waals surface area contributed by atoms with E-state index in [4.69, 9.17) is 4.98 Å². The molecule has 4 nitrogen and oxygen atoms in total. The van der Waals surface area contributed by atoms with Gasteiger partial charge in [-0.05, 0) is 13.3 Å². The summed E-state index contributed by atoms with van der Waals surface area (Å²) in [5.74, 6) is 1.93. The Labute approximate surface area is 124 Å². The molecule has 0 aromatic carbocycles. The van der Waals surface area contributed by atoms with Crippen LogP contribution in [0.3, 0.4) is 0 Å².